The van der Waals surface area contributed by atoms with Crippen molar-refractivity contribution in [1.82, 2.24) is 0 Å². The third-order valence-electron chi connectivity index (χ3n) is 2.99. The number of rotatable bonds is 1. The van der Waals surface area contributed by atoms with Gasteiger partial charge in [-0.15, -0.1) is 0 Å². The van der Waals surface area contributed by atoms with Gasteiger partial charge in [-0.25, -0.2) is 0 Å². The Balaban J connectivity index is 2.16. The maximum absolute atomic E-state index is 10.9. The maximum Gasteiger partial charge on any atom is 0.0692 e. The second-order valence-corrected chi connectivity index (χ2v) is 4.03. The fourth-order valence-electron chi connectivity index (χ4n) is 2.30. The van der Waals surface area contributed by atoms with Gasteiger partial charge in [-0.2, -0.15) is 0 Å². The molecule has 3 heteroatoms. The smallest absolute Gasteiger partial charge is 0.0692 e. The van der Waals surface area contributed by atoms with Crippen molar-refractivity contribution in [3.63, 3.8) is 0 Å². The first-order valence-corrected chi connectivity index (χ1v) is 5.23. The summed E-state index contributed by atoms with van der Waals surface area (Å²) in [5.74, 6) is -1.08. The molecule has 0 saturated carbocycles. The molecule has 2 heterocycles. The van der Waals surface area contributed by atoms with Gasteiger partial charge in [0.25, 0.3) is 0 Å². The minimum atomic E-state index is -1.08. The fourth-order valence-corrected chi connectivity index (χ4v) is 2.30. The molecule has 3 nitrogen and oxygen atoms in total. The van der Waals surface area contributed by atoms with Crippen molar-refractivity contribution in [1.29, 1.82) is 0 Å². The topological polar surface area (TPSA) is 43.4 Å². The number of nitrogens with zero attached hydrogens (tertiary/aromatic N) is 1. The zero-order valence-electron chi connectivity index (χ0n) is 8.64. The van der Waals surface area contributed by atoms with Crippen molar-refractivity contribution < 1.29 is 9.90 Å². The summed E-state index contributed by atoms with van der Waals surface area (Å²) in [6.45, 7) is 0.723. The van der Waals surface area contributed by atoms with E-state index in [2.05, 4.69) is 6.08 Å². The van der Waals surface area contributed by atoms with E-state index < -0.39 is 5.97 Å². The highest BCUT2D eigenvalue weighted by Gasteiger charge is 2.21. The average molecular weight is 212 g/mol. The summed E-state index contributed by atoms with van der Waals surface area (Å²) in [4.78, 5) is 12.9. The second kappa shape index (κ2) is 3.23. The molecule has 0 spiro atoms. The number of carbonyl (C=O) groups excluding carboxylic acids is 1. The number of para-hydroxylation sites is 1. The maximum atomic E-state index is 10.9. The molecule has 80 valence electrons. The van der Waals surface area contributed by atoms with Gasteiger partial charge in [0.15, 0.2) is 0 Å². The lowest BCUT2D eigenvalue weighted by molar-refractivity contribution is -0.299. The Morgan fingerprint density at radius 1 is 1.38 bits per heavy atom. The quantitative estimate of drug-likeness (QED) is 0.688. The predicted molar refractivity (Wildman–Crippen MR) is 59.6 cm³/mol. The minimum absolute atomic E-state index is 0.347. The van der Waals surface area contributed by atoms with Crippen LogP contribution in [0.3, 0.4) is 0 Å². The summed E-state index contributed by atoms with van der Waals surface area (Å²) in [6, 6.07) is 5.97. The van der Waals surface area contributed by atoms with Gasteiger partial charge in [0.2, 0.25) is 0 Å². The lowest BCUT2D eigenvalue weighted by Gasteiger charge is -2.32. The Morgan fingerprint density at radius 2 is 2.25 bits per heavy atom. The van der Waals surface area contributed by atoms with E-state index in [1.54, 1.807) is 6.20 Å². The van der Waals surface area contributed by atoms with Gasteiger partial charge in [0.05, 0.1) is 11.7 Å². The molecule has 0 aliphatic carbocycles. The highest BCUT2D eigenvalue weighted by Crippen LogP contribution is 2.35. The number of aliphatic carboxylic acids is 1. The van der Waals surface area contributed by atoms with Crippen LogP contribution in [0.2, 0.25) is 0 Å². The zero-order valence-corrected chi connectivity index (χ0v) is 8.64. The third kappa shape index (κ3) is 1.25. The molecular formula is C13H10NO2-. The van der Waals surface area contributed by atoms with Crippen LogP contribution in [0, 0.1) is 0 Å². The van der Waals surface area contributed by atoms with E-state index in [0.717, 1.165) is 23.4 Å². The van der Waals surface area contributed by atoms with Gasteiger partial charge < -0.3 is 14.8 Å². The summed E-state index contributed by atoms with van der Waals surface area (Å²) in [5.41, 5.74) is 3.69. The normalized spacial score (nSPS) is 16.8. The average Bonchev–Trinajstić information content (AvgIpc) is 2.29. The lowest BCUT2D eigenvalue weighted by atomic mass is 9.94. The summed E-state index contributed by atoms with van der Waals surface area (Å²) in [5, 5.41) is 10.9. The molecule has 1 aromatic carbocycles. The van der Waals surface area contributed by atoms with Crippen LogP contribution in [-0.4, -0.2) is 12.5 Å². The highest BCUT2D eigenvalue weighted by molar-refractivity contribution is 5.89. The first-order chi connectivity index (χ1) is 7.75. The standard InChI is InChI=1S/C13H11NO2/c15-13(16)11-7-10-4-1-3-9-5-2-6-14(8-11)12(9)10/h1-5,8H,6-7H2,(H,15,16)/p-1. The van der Waals surface area contributed by atoms with E-state index in [0.29, 0.717) is 12.0 Å². The first kappa shape index (κ1) is 9.21. The molecule has 3 rings (SSSR count). The largest absolute Gasteiger partial charge is 0.545 e. The van der Waals surface area contributed by atoms with E-state index >= 15 is 0 Å². The Kier molecular flexibility index (Phi) is 1.86. The van der Waals surface area contributed by atoms with Crippen molar-refractivity contribution in [2.45, 2.75) is 6.42 Å². The number of benzene rings is 1. The number of anilines is 1. The molecule has 0 atom stereocenters. The van der Waals surface area contributed by atoms with E-state index in [1.165, 1.54) is 0 Å². The van der Waals surface area contributed by atoms with Crippen molar-refractivity contribution in [2.75, 3.05) is 11.4 Å². The molecule has 2 aliphatic rings. The number of carboxylic acid groups (broad SMARTS) is 1. The van der Waals surface area contributed by atoms with Crippen LogP contribution in [0.1, 0.15) is 11.1 Å². The van der Waals surface area contributed by atoms with Crippen molar-refractivity contribution in [3.8, 4) is 0 Å². The predicted octanol–water partition coefficient (Wildman–Crippen LogP) is 0.710. The molecule has 0 N–H and O–H groups in total. The monoisotopic (exact) mass is 212 g/mol. The highest BCUT2D eigenvalue weighted by atomic mass is 16.4. The molecular weight excluding hydrogens is 202 g/mol. The summed E-state index contributed by atoms with van der Waals surface area (Å²) >= 11 is 0. The molecule has 0 fully saturated rings. The van der Waals surface area contributed by atoms with Crippen LogP contribution in [0.25, 0.3) is 6.08 Å². The van der Waals surface area contributed by atoms with Crippen molar-refractivity contribution >= 4 is 17.7 Å². The van der Waals surface area contributed by atoms with Crippen LogP contribution < -0.4 is 10.0 Å². The fraction of sp³-hybridized carbons (Fsp3) is 0.154. The summed E-state index contributed by atoms with van der Waals surface area (Å²) in [6.07, 6.45) is 6.24. The lowest BCUT2D eigenvalue weighted by Crippen LogP contribution is -2.32. The van der Waals surface area contributed by atoms with Gasteiger partial charge in [-0.1, -0.05) is 30.4 Å². The Morgan fingerprint density at radius 3 is 3.06 bits per heavy atom. The number of carbonyl (C=O) groups is 1. The first-order valence-electron chi connectivity index (χ1n) is 5.23. The van der Waals surface area contributed by atoms with E-state index in [9.17, 15) is 9.90 Å². The zero-order chi connectivity index (χ0) is 11.1. The molecule has 1 aromatic rings. The van der Waals surface area contributed by atoms with Crippen LogP contribution in [0.15, 0.2) is 36.0 Å². The molecule has 0 radical (unpaired) electrons. The molecule has 0 aromatic heterocycles. The molecule has 0 bridgehead atoms. The van der Waals surface area contributed by atoms with Gasteiger partial charge in [0, 0.05) is 19.2 Å². The Labute approximate surface area is 93.3 Å². The third-order valence-corrected chi connectivity index (χ3v) is 2.99. The van der Waals surface area contributed by atoms with E-state index in [-0.39, 0.29) is 0 Å². The Hall–Kier alpha value is -2.03. The molecule has 0 amide bonds. The SMILES string of the molecule is O=C([O-])C1=CN2CC=Cc3cccc(c32)C1. The molecule has 0 saturated heterocycles. The van der Waals surface area contributed by atoms with Crippen molar-refractivity contribution in [2.24, 2.45) is 0 Å². The summed E-state index contributed by atoms with van der Waals surface area (Å²) in [7, 11) is 0. The number of carboxylic acids is 1. The summed E-state index contributed by atoms with van der Waals surface area (Å²) < 4.78 is 0. The van der Waals surface area contributed by atoms with Crippen LogP contribution in [-0.2, 0) is 11.2 Å². The minimum Gasteiger partial charge on any atom is -0.545 e. The van der Waals surface area contributed by atoms with Crippen molar-refractivity contribution in [3.05, 3.63) is 47.2 Å². The number of hydrogen-bond acceptors (Lipinski definition) is 3. The second-order valence-electron chi connectivity index (χ2n) is 4.03. The molecule has 2 aliphatic heterocycles. The van der Waals surface area contributed by atoms with Crippen LogP contribution in [0.4, 0.5) is 5.69 Å². The number of hydrogen-bond donors (Lipinski definition) is 0. The van der Waals surface area contributed by atoms with Gasteiger partial charge in [-0.3, -0.25) is 0 Å². The van der Waals surface area contributed by atoms with Gasteiger partial charge in [-0.05, 0) is 16.7 Å². The van der Waals surface area contributed by atoms with Gasteiger partial charge in [0.1, 0.15) is 0 Å². The molecule has 0 unspecified atom stereocenters. The van der Waals surface area contributed by atoms with Crippen LogP contribution >= 0.6 is 0 Å². The van der Waals surface area contributed by atoms with E-state index in [4.69, 9.17) is 0 Å². The van der Waals surface area contributed by atoms with E-state index in [1.807, 2.05) is 29.2 Å². The molecule has 16 heavy (non-hydrogen) atoms. The van der Waals surface area contributed by atoms with Gasteiger partial charge >= 0.3 is 0 Å². The van der Waals surface area contributed by atoms with Crippen LogP contribution in [0.5, 0.6) is 0 Å². The Bertz CT molecular complexity index is 529.